The normalized spacial score (nSPS) is 26.3. The Morgan fingerprint density at radius 1 is 1.17 bits per heavy atom. The summed E-state index contributed by atoms with van der Waals surface area (Å²) in [5.41, 5.74) is 3.33. The van der Waals surface area contributed by atoms with E-state index >= 15 is 0 Å². The third-order valence-electron chi connectivity index (χ3n) is 9.63. The van der Waals surface area contributed by atoms with E-state index < -0.39 is 17.6 Å². The van der Waals surface area contributed by atoms with Crippen LogP contribution in [0.1, 0.15) is 62.5 Å². The van der Waals surface area contributed by atoms with Crippen LogP contribution in [0.2, 0.25) is 0 Å². The quantitative estimate of drug-likeness (QED) is 0.451. The van der Waals surface area contributed by atoms with E-state index in [1.807, 2.05) is 6.92 Å². The number of alkyl halides is 1. The number of likely N-dealkylation sites (tertiary alicyclic amines) is 2. The average molecular weight is 566 g/mol. The number of nitrogens with zero attached hydrogens (tertiary/aromatic N) is 3. The van der Waals surface area contributed by atoms with Crippen LogP contribution in [0.3, 0.4) is 0 Å². The molecule has 2 aromatic carbocycles. The minimum atomic E-state index is -0.780. The van der Waals surface area contributed by atoms with Gasteiger partial charge >= 0.3 is 5.97 Å². The molecule has 0 bridgehead atoms. The number of rotatable bonds is 8. The van der Waals surface area contributed by atoms with E-state index in [0.717, 1.165) is 67.2 Å². The molecular formula is C32H37F2N3O4. The maximum absolute atomic E-state index is 13.7. The first-order chi connectivity index (χ1) is 19.7. The van der Waals surface area contributed by atoms with Crippen LogP contribution in [0.25, 0.3) is 11.1 Å². The van der Waals surface area contributed by atoms with Gasteiger partial charge in [-0.3, -0.25) is 9.69 Å². The van der Waals surface area contributed by atoms with E-state index in [-0.39, 0.29) is 17.3 Å². The number of amidine groups is 1. The third kappa shape index (κ3) is 5.29. The van der Waals surface area contributed by atoms with Crippen LogP contribution in [0.5, 0.6) is 5.75 Å². The van der Waals surface area contributed by atoms with Crippen molar-refractivity contribution in [2.75, 3.05) is 32.8 Å². The zero-order valence-corrected chi connectivity index (χ0v) is 23.5. The Morgan fingerprint density at radius 2 is 1.88 bits per heavy atom. The number of hydrogen-bond donors (Lipinski definition) is 1. The molecule has 41 heavy (non-hydrogen) atoms. The number of halogens is 2. The second kappa shape index (κ2) is 9.96. The lowest BCUT2D eigenvalue weighted by Gasteiger charge is -2.46. The SMILES string of the molecule is CC1(C(=O)O)CCN(C2=NOC3(C2)CN(Cc2cc(OC[C@H]4CC4F)c(-c4ccc(F)cc4)c(C4CC4)c2)C3)CC1. The molecule has 9 heteroatoms. The first-order valence-corrected chi connectivity index (χ1v) is 14.9. The summed E-state index contributed by atoms with van der Waals surface area (Å²) in [5.74, 6) is 1.09. The lowest BCUT2D eigenvalue weighted by molar-refractivity contribution is -0.150. The summed E-state index contributed by atoms with van der Waals surface area (Å²) in [6, 6.07) is 10.9. The van der Waals surface area contributed by atoms with E-state index in [1.54, 1.807) is 12.1 Å². The highest BCUT2D eigenvalue weighted by molar-refractivity contribution is 5.85. The molecule has 3 heterocycles. The zero-order chi connectivity index (χ0) is 28.4. The van der Waals surface area contributed by atoms with Crippen molar-refractivity contribution in [3.8, 4) is 16.9 Å². The molecule has 2 saturated carbocycles. The van der Waals surface area contributed by atoms with Crippen LogP contribution < -0.4 is 4.74 Å². The van der Waals surface area contributed by atoms with Crippen LogP contribution in [-0.4, -0.2) is 71.3 Å². The number of carbonyl (C=O) groups is 1. The molecule has 0 radical (unpaired) electrons. The molecule has 0 aromatic heterocycles. The zero-order valence-electron chi connectivity index (χ0n) is 23.5. The fraction of sp³-hybridized carbons (Fsp3) is 0.562. The molecule has 5 aliphatic rings. The number of aliphatic carboxylic acids is 1. The van der Waals surface area contributed by atoms with Crippen molar-refractivity contribution in [2.45, 2.75) is 69.7 Å². The van der Waals surface area contributed by atoms with Gasteiger partial charge in [-0.2, -0.15) is 0 Å². The van der Waals surface area contributed by atoms with Gasteiger partial charge in [0, 0.05) is 44.2 Å². The Hall–Kier alpha value is -3.20. The highest BCUT2D eigenvalue weighted by Gasteiger charge is 2.51. The molecule has 1 N–H and O–H groups in total. The predicted molar refractivity (Wildman–Crippen MR) is 150 cm³/mol. The van der Waals surface area contributed by atoms with E-state index in [1.165, 1.54) is 17.7 Å². The van der Waals surface area contributed by atoms with Crippen molar-refractivity contribution in [3.63, 3.8) is 0 Å². The fourth-order valence-electron chi connectivity index (χ4n) is 6.58. The van der Waals surface area contributed by atoms with E-state index in [9.17, 15) is 18.7 Å². The Bertz CT molecular complexity index is 1360. The summed E-state index contributed by atoms with van der Waals surface area (Å²) in [6.45, 7) is 5.82. The van der Waals surface area contributed by atoms with Crippen molar-refractivity contribution < 1.29 is 28.3 Å². The monoisotopic (exact) mass is 565 g/mol. The Morgan fingerprint density at radius 3 is 2.51 bits per heavy atom. The molecule has 2 aromatic rings. The van der Waals surface area contributed by atoms with Gasteiger partial charge in [-0.15, -0.1) is 0 Å². The van der Waals surface area contributed by atoms with E-state index in [4.69, 9.17) is 9.57 Å². The third-order valence-corrected chi connectivity index (χ3v) is 9.63. The summed E-state index contributed by atoms with van der Waals surface area (Å²) in [5, 5.41) is 14.0. The van der Waals surface area contributed by atoms with Crippen molar-refractivity contribution in [3.05, 3.63) is 53.3 Å². The first kappa shape index (κ1) is 26.7. The lowest BCUT2D eigenvalue weighted by atomic mass is 9.80. The van der Waals surface area contributed by atoms with E-state index in [0.29, 0.717) is 44.9 Å². The predicted octanol–water partition coefficient (Wildman–Crippen LogP) is 5.58. The topological polar surface area (TPSA) is 74.6 Å². The van der Waals surface area contributed by atoms with Crippen LogP contribution >= 0.6 is 0 Å². The second-order valence-electron chi connectivity index (χ2n) is 13.1. The molecule has 2 saturated heterocycles. The largest absolute Gasteiger partial charge is 0.493 e. The Kier molecular flexibility index (Phi) is 6.48. The maximum atomic E-state index is 13.7. The number of ether oxygens (including phenoxy) is 1. The smallest absolute Gasteiger partial charge is 0.309 e. The number of carboxylic acids is 1. The van der Waals surface area contributed by atoms with Gasteiger partial charge in [-0.1, -0.05) is 23.4 Å². The van der Waals surface area contributed by atoms with Gasteiger partial charge < -0.3 is 19.6 Å². The summed E-state index contributed by atoms with van der Waals surface area (Å²) in [6.07, 6.45) is 3.97. The van der Waals surface area contributed by atoms with Gasteiger partial charge in [0.1, 0.15) is 23.6 Å². The van der Waals surface area contributed by atoms with Gasteiger partial charge in [0.2, 0.25) is 0 Å². The molecule has 218 valence electrons. The maximum Gasteiger partial charge on any atom is 0.309 e. The second-order valence-corrected chi connectivity index (χ2v) is 13.1. The van der Waals surface area contributed by atoms with Crippen molar-refractivity contribution >= 4 is 11.8 Å². The van der Waals surface area contributed by atoms with Crippen molar-refractivity contribution in [1.82, 2.24) is 9.80 Å². The molecule has 2 aliphatic carbocycles. The van der Waals surface area contributed by atoms with Crippen LogP contribution in [0.4, 0.5) is 8.78 Å². The lowest BCUT2D eigenvalue weighted by Crippen LogP contribution is -2.61. The van der Waals surface area contributed by atoms with E-state index in [2.05, 4.69) is 27.1 Å². The Labute approximate surface area is 239 Å². The average Bonchev–Trinajstić information content (AvgIpc) is 3.86. The first-order valence-electron chi connectivity index (χ1n) is 14.9. The van der Waals surface area contributed by atoms with Gasteiger partial charge in [0.25, 0.3) is 0 Å². The molecule has 0 amide bonds. The number of benzene rings is 2. The molecule has 7 rings (SSSR count). The number of piperidine rings is 1. The molecule has 4 fully saturated rings. The van der Waals surface area contributed by atoms with Gasteiger partial charge in [0.05, 0.1) is 18.4 Å². The molecule has 1 unspecified atom stereocenters. The van der Waals surface area contributed by atoms with Crippen molar-refractivity contribution in [1.29, 1.82) is 0 Å². The summed E-state index contributed by atoms with van der Waals surface area (Å²) in [7, 11) is 0. The van der Waals surface area contributed by atoms with Gasteiger partial charge in [-0.05, 0) is 79.8 Å². The van der Waals surface area contributed by atoms with Crippen LogP contribution in [0.15, 0.2) is 41.6 Å². The van der Waals surface area contributed by atoms with Crippen LogP contribution in [-0.2, 0) is 16.2 Å². The standard InChI is InChI=1S/C32H37F2N3O4/c1-31(30(38)39)8-10-37(11-9-31)28-15-32(41-35-28)18-36(19-32)16-20-12-25(21-2-3-21)29(22-4-6-24(33)7-5-22)27(13-20)40-17-23-14-26(23)34/h4-7,12-13,21,23,26H,2-3,8-11,14-19H2,1H3,(H,38,39)/t23-,26?/m1/s1. The Balaban J connectivity index is 1.04. The fourth-order valence-corrected chi connectivity index (χ4v) is 6.58. The highest BCUT2D eigenvalue weighted by Crippen LogP contribution is 2.49. The number of oxime groups is 1. The molecular weight excluding hydrogens is 528 g/mol. The van der Waals surface area contributed by atoms with Gasteiger partial charge in [-0.25, -0.2) is 8.78 Å². The minimum absolute atomic E-state index is 0.0502. The minimum Gasteiger partial charge on any atom is -0.493 e. The van der Waals surface area contributed by atoms with Crippen molar-refractivity contribution in [2.24, 2.45) is 16.5 Å². The summed E-state index contributed by atoms with van der Waals surface area (Å²) in [4.78, 5) is 22.1. The highest BCUT2D eigenvalue weighted by atomic mass is 19.1. The molecule has 2 atom stereocenters. The molecule has 7 nitrogen and oxygen atoms in total. The summed E-state index contributed by atoms with van der Waals surface area (Å²) >= 11 is 0. The number of carboxylic acid groups (broad SMARTS) is 1. The molecule has 3 aliphatic heterocycles. The summed E-state index contributed by atoms with van der Waals surface area (Å²) < 4.78 is 33.7. The molecule has 1 spiro atoms. The van der Waals surface area contributed by atoms with Gasteiger partial charge in [0.15, 0.2) is 5.60 Å². The van der Waals surface area contributed by atoms with Crippen LogP contribution in [0, 0.1) is 17.2 Å². The number of hydrogen-bond acceptors (Lipinski definition) is 6.